The van der Waals surface area contributed by atoms with Crippen LogP contribution in [0.15, 0.2) is 17.3 Å². The molecule has 1 aromatic heterocycles. The Labute approximate surface area is 136 Å². The smallest absolute Gasteiger partial charge is 0.291 e. The first-order chi connectivity index (χ1) is 9.99. The molecule has 0 spiro atoms. The fourth-order valence-corrected chi connectivity index (χ4v) is 3.11. The predicted molar refractivity (Wildman–Crippen MR) is 83.9 cm³/mol. The lowest BCUT2D eigenvalue weighted by molar-refractivity contribution is 0.0949. The molecule has 2 atom stereocenters. The number of nitrogens with two attached hydrogens (primary N) is 1. The van der Waals surface area contributed by atoms with Gasteiger partial charge in [-0.2, -0.15) is 5.10 Å². The van der Waals surface area contributed by atoms with Crippen LogP contribution in [0, 0.1) is 11.8 Å². The lowest BCUT2D eigenvalue weighted by Crippen LogP contribution is -2.35. The number of rotatable bonds is 2. The zero-order chi connectivity index (χ0) is 15.1. The van der Waals surface area contributed by atoms with Gasteiger partial charge in [-0.25, -0.2) is 10.4 Å². The van der Waals surface area contributed by atoms with E-state index in [1.165, 1.54) is 0 Å². The summed E-state index contributed by atoms with van der Waals surface area (Å²) in [5, 5.41) is 4.06. The van der Waals surface area contributed by atoms with Gasteiger partial charge in [0, 0.05) is 11.6 Å². The summed E-state index contributed by atoms with van der Waals surface area (Å²) >= 11 is 17.6. The molecule has 0 unspecified atom stereocenters. The summed E-state index contributed by atoms with van der Waals surface area (Å²) in [6.07, 6.45) is 6.16. The van der Waals surface area contributed by atoms with Crippen molar-refractivity contribution in [2.24, 2.45) is 16.9 Å². The summed E-state index contributed by atoms with van der Waals surface area (Å²) in [6, 6.07) is 0. The highest BCUT2D eigenvalue weighted by molar-refractivity contribution is 6.46. The summed E-state index contributed by atoms with van der Waals surface area (Å²) in [5.74, 6) is 0.405. The van der Waals surface area contributed by atoms with Crippen LogP contribution in [-0.2, 0) is 0 Å². The summed E-state index contributed by atoms with van der Waals surface area (Å²) < 4.78 is 0. The van der Waals surface area contributed by atoms with Crippen LogP contribution in [0.1, 0.15) is 23.3 Å². The number of pyridine rings is 1. The van der Waals surface area contributed by atoms with Crippen molar-refractivity contribution < 1.29 is 4.79 Å². The van der Waals surface area contributed by atoms with Gasteiger partial charge in [0.2, 0.25) is 0 Å². The van der Waals surface area contributed by atoms with Gasteiger partial charge >= 0.3 is 0 Å². The predicted octanol–water partition coefficient (Wildman–Crippen LogP) is 3.31. The molecule has 2 aliphatic rings. The monoisotopic (exact) mass is 344 g/mol. The molecule has 2 aliphatic carbocycles. The Morgan fingerprint density at radius 3 is 2.86 bits per heavy atom. The molecule has 3 rings (SSSR count). The van der Waals surface area contributed by atoms with Crippen molar-refractivity contribution in [2.45, 2.75) is 12.8 Å². The Balaban J connectivity index is 1.76. The molecule has 1 amide bonds. The lowest BCUT2D eigenvalue weighted by Gasteiger charge is -2.31. The number of nitrogens with zero attached hydrogens (tertiary/aromatic N) is 2. The number of halogens is 3. The van der Waals surface area contributed by atoms with E-state index >= 15 is 0 Å². The van der Waals surface area contributed by atoms with Gasteiger partial charge in [-0.1, -0.05) is 47.0 Å². The molecular formula is C13H11Cl3N4O. The maximum Gasteiger partial charge on any atom is 0.291 e. The van der Waals surface area contributed by atoms with E-state index in [9.17, 15) is 4.79 Å². The molecule has 5 nitrogen and oxygen atoms in total. The first-order valence-corrected chi connectivity index (χ1v) is 7.46. The number of allylic oxidation sites excluding steroid dienone is 2. The second kappa shape index (κ2) is 5.48. The van der Waals surface area contributed by atoms with Gasteiger partial charge in [-0.3, -0.25) is 4.79 Å². The number of amides is 1. The zero-order valence-electron chi connectivity index (χ0n) is 10.7. The number of anilines is 1. The van der Waals surface area contributed by atoms with Crippen molar-refractivity contribution >= 4 is 52.1 Å². The number of carbonyl (C=O) groups is 1. The average molecular weight is 346 g/mol. The Hall–Kier alpha value is -1.30. The van der Waals surface area contributed by atoms with E-state index in [1.807, 2.05) is 0 Å². The summed E-state index contributed by atoms with van der Waals surface area (Å²) in [6.45, 7) is 0. The molecule has 8 heteroatoms. The highest BCUT2D eigenvalue weighted by Crippen LogP contribution is 2.40. The largest absolute Gasteiger partial charge is 0.396 e. The number of nitrogens with one attached hydrogen (secondary N) is 1. The third-order valence-electron chi connectivity index (χ3n) is 3.75. The molecule has 110 valence electrons. The van der Waals surface area contributed by atoms with Gasteiger partial charge in [-0.15, -0.1) is 0 Å². The third-order valence-corrected chi connectivity index (χ3v) is 4.89. The fraction of sp³-hybridized carbons (Fsp3) is 0.308. The Morgan fingerprint density at radius 2 is 2.14 bits per heavy atom. The average Bonchev–Trinajstić information content (AvgIpc) is 2.82. The van der Waals surface area contributed by atoms with Crippen LogP contribution in [-0.4, -0.2) is 16.6 Å². The maximum atomic E-state index is 12.1. The van der Waals surface area contributed by atoms with Gasteiger partial charge < -0.3 is 5.73 Å². The highest BCUT2D eigenvalue weighted by Gasteiger charge is 2.38. The van der Waals surface area contributed by atoms with Crippen molar-refractivity contribution in [3.8, 4) is 0 Å². The Morgan fingerprint density at radius 1 is 1.38 bits per heavy atom. The summed E-state index contributed by atoms with van der Waals surface area (Å²) in [4.78, 5) is 15.9. The van der Waals surface area contributed by atoms with Crippen LogP contribution in [0.2, 0.25) is 15.2 Å². The first kappa shape index (κ1) is 14.6. The summed E-state index contributed by atoms with van der Waals surface area (Å²) in [7, 11) is 0. The zero-order valence-corrected chi connectivity index (χ0v) is 13.0. The van der Waals surface area contributed by atoms with Crippen LogP contribution in [0.25, 0.3) is 0 Å². The molecule has 1 saturated carbocycles. The normalized spacial score (nSPS) is 24.8. The van der Waals surface area contributed by atoms with E-state index in [2.05, 4.69) is 27.7 Å². The minimum absolute atomic E-state index is 0.0276. The molecule has 21 heavy (non-hydrogen) atoms. The number of aromatic nitrogens is 1. The Kier molecular flexibility index (Phi) is 3.82. The standard InChI is InChI=1S/C13H11Cl3N4O/c14-8-10(17)9(15)12(16)18-11(8)13(21)20-19-7-4-5-2-1-3-6(5)7/h1-2,5-6H,3-4H2,(H2,17,18)(H,20,21)/b19-7-/t5-,6+/m1/s1. The van der Waals surface area contributed by atoms with Crippen LogP contribution in [0.5, 0.6) is 0 Å². The van der Waals surface area contributed by atoms with E-state index < -0.39 is 5.91 Å². The molecule has 1 aromatic rings. The van der Waals surface area contributed by atoms with E-state index in [0.717, 1.165) is 18.6 Å². The summed E-state index contributed by atoms with van der Waals surface area (Å²) in [5.41, 5.74) is 9.03. The molecule has 0 aliphatic heterocycles. The highest BCUT2D eigenvalue weighted by atomic mass is 35.5. The van der Waals surface area contributed by atoms with Crippen molar-refractivity contribution in [1.82, 2.24) is 10.4 Å². The van der Waals surface area contributed by atoms with Crippen LogP contribution >= 0.6 is 34.8 Å². The van der Waals surface area contributed by atoms with Crippen molar-refractivity contribution in [3.63, 3.8) is 0 Å². The second-order valence-electron chi connectivity index (χ2n) is 4.98. The molecule has 3 N–H and O–H groups in total. The van der Waals surface area contributed by atoms with Gasteiger partial charge in [0.1, 0.15) is 5.02 Å². The molecule has 1 heterocycles. The first-order valence-electron chi connectivity index (χ1n) is 6.32. The number of fused-ring (bicyclic) bond motifs is 1. The van der Waals surface area contributed by atoms with Gasteiger partial charge in [0.25, 0.3) is 5.91 Å². The quantitative estimate of drug-likeness (QED) is 0.490. The van der Waals surface area contributed by atoms with Crippen molar-refractivity contribution in [3.05, 3.63) is 33.0 Å². The van der Waals surface area contributed by atoms with E-state index in [0.29, 0.717) is 11.8 Å². The Bertz CT molecular complexity index is 686. The van der Waals surface area contributed by atoms with E-state index in [4.69, 9.17) is 40.5 Å². The van der Waals surface area contributed by atoms with Crippen LogP contribution < -0.4 is 11.2 Å². The fourth-order valence-electron chi connectivity index (χ4n) is 2.52. The lowest BCUT2D eigenvalue weighted by atomic mass is 9.74. The molecule has 0 radical (unpaired) electrons. The second-order valence-corrected chi connectivity index (χ2v) is 6.09. The van der Waals surface area contributed by atoms with E-state index in [-0.39, 0.29) is 26.6 Å². The molecule has 0 aromatic carbocycles. The van der Waals surface area contributed by atoms with Crippen molar-refractivity contribution in [1.29, 1.82) is 0 Å². The van der Waals surface area contributed by atoms with Crippen LogP contribution in [0.3, 0.4) is 0 Å². The number of carbonyl (C=O) groups excluding carboxylic acids is 1. The number of hydrogen-bond donors (Lipinski definition) is 2. The third kappa shape index (κ3) is 2.50. The molecular weight excluding hydrogens is 335 g/mol. The minimum atomic E-state index is -0.563. The SMILES string of the molecule is Nc1c(Cl)c(Cl)nc(C(=O)N/N=C2/C[C@H]3C=CC[C@H]23)c1Cl. The van der Waals surface area contributed by atoms with Crippen molar-refractivity contribution in [2.75, 3.05) is 5.73 Å². The molecule has 1 fully saturated rings. The maximum absolute atomic E-state index is 12.1. The van der Waals surface area contributed by atoms with Crippen LogP contribution in [0.4, 0.5) is 5.69 Å². The minimum Gasteiger partial charge on any atom is -0.396 e. The van der Waals surface area contributed by atoms with Gasteiger partial charge in [-0.05, 0) is 18.8 Å². The molecule has 0 bridgehead atoms. The van der Waals surface area contributed by atoms with E-state index in [1.54, 1.807) is 0 Å². The molecule has 0 saturated heterocycles. The van der Waals surface area contributed by atoms with Gasteiger partial charge in [0.15, 0.2) is 10.8 Å². The topological polar surface area (TPSA) is 80.4 Å². The number of hydrazone groups is 1. The number of hydrogen-bond acceptors (Lipinski definition) is 4. The van der Waals surface area contributed by atoms with Gasteiger partial charge in [0.05, 0.1) is 10.7 Å². The number of nitrogen functional groups attached to an aromatic ring is 1.